The van der Waals surface area contributed by atoms with Crippen LogP contribution in [0.1, 0.15) is 40.4 Å². The summed E-state index contributed by atoms with van der Waals surface area (Å²) in [6.07, 6.45) is 0.634. The van der Waals surface area contributed by atoms with Gasteiger partial charge >= 0.3 is 6.18 Å². The van der Waals surface area contributed by atoms with Gasteiger partial charge in [0.2, 0.25) is 0 Å². The fraction of sp³-hybridized carbons (Fsp3) is 0.250. The summed E-state index contributed by atoms with van der Waals surface area (Å²) in [7, 11) is 0. The average Bonchev–Trinajstić information content (AvgIpc) is 3.46. The number of imidazole rings is 1. The van der Waals surface area contributed by atoms with Crippen molar-refractivity contribution in [2.75, 3.05) is 13.1 Å². The lowest BCUT2D eigenvalue weighted by atomic mass is 9.90. The summed E-state index contributed by atoms with van der Waals surface area (Å²) in [6.45, 7) is 0.594. The van der Waals surface area contributed by atoms with E-state index in [1.165, 1.54) is 35.8 Å². The molecular weight excluding hydrogens is 474 g/mol. The SMILES string of the molecule is O=C(c1nc2c(C(F)(F)F)cc(-c3ccoc3)cn2c1Cl)N1CCCC(c2ccccc2F)C1. The van der Waals surface area contributed by atoms with Crippen LogP contribution in [0.15, 0.2) is 59.5 Å². The molecule has 4 heterocycles. The molecule has 1 aliphatic heterocycles. The van der Waals surface area contributed by atoms with Gasteiger partial charge in [0.1, 0.15) is 11.0 Å². The smallest absolute Gasteiger partial charge is 0.420 e. The fourth-order valence-corrected chi connectivity index (χ4v) is 4.67. The van der Waals surface area contributed by atoms with Crippen LogP contribution in [0.3, 0.4) is 0 Å². The maximum Gasteiger partial charge on any atom is 0.420 e. The van der Waals surface area contributed by atoms with Crippen LogP contribution in [0.25, 0.3) is 16.8 Å². The van der Waals surface area contributed by atoms with Gasteiger partial charge in [0.25, 0.3) is 5.91 Å². The Balaban J connectivity index is 1.54. The molecule has 10 heteroatoms. The summed E-state index contributed by atoms with van der Waals surface area (Å²) in [5, 5.41) is -0.219. The molecule has 1 unspecified atom stereocenters. The van der Waals surface area contributed by atoms with Crippen molar-refractivity contribution in [3.05, 3.63) is 82.9 Å². The Bertz CT molecular complexity index is 1360. The third-order valence-corrected chi connectivity index (χ3v) is 6.44. The van der Waals surface area contributed by atoms with Crippen molar-refractivity contribution in [2.24, 2.45) is 0 Å². The highest BCUT2D eigenvalue weighted by atomic mass is 35.5. The minimum atomic E-state index is -4.73. The first-order valence-corrected chi connectivity index (χ1v) is 11.0. The molecule has 176 valence electrons. The Hall–Kier alpha value is -3.33. The van der Waals surface area contributed by atoms with Crippen molar-refractivity contribution in [1.82, 2.24) is 14.3 Å². The number of amides is 1. The summed E-state index contributed by atoms with van der Waals surface area (Å²) >= 11 is 6.41. The number of hydrogen-bond donors (Lipinski definition) is 0. The second kappa shape index (κ2) is 8.47. The number of nitrogens with zero attached hydrogens (tertiary/aromatic N) is 3. The monoisotopic (exact) mass is 491 g/mol. The van der Waals surface area contributed by atoms with Gasteiger partial charge in [0.15, 0.2) is 11.3 Å². The zero-order valence-electron chi connectivity index (χ0n) is 17.6. The summed E-state index contributed by atoms with van der Waals surface area (Å²) < 4.78 is 61.9. The molecule has 0 saturated carbocycles. The van der Waals surface area contributed by atoms with Crippen LogP contribution in [0.5, 0.6) is 0 Å². The summed E-state index contributed by atoms with van der Waals surface area (Å²) in [5.41, 5.74) is -0.611. The van der Waals surface area contributed by atoms with Crippen LogP contribution >= 0.6 is 11.6 Å². The number of fused-ring (bicyclic) bond motifs is 1. The first-order valence-electron chi connectivity index (χ1n) is 10.6. The minimum Gasteiger partial charge on any atom is -0.472 e. The molecule has 3 aromatic heterocycles. The first-order chi connectivity index (χ1) is 16.2. The van der Waals surface area contributed by atoms with E-state index < -0.39 is 23.3 Å². The predicted octanol–water partition coefficient (Wildman–Crippen LogP) is 6.43. The Morgan fingerprint density at radius 1 is 1.18 bits per heavy atom. The summed E-state index contributed by atoms with van der Waals surface area (Å²) in [5.74, 6) is -1.17. The number of hydrogen-bond acceptors (Lipinski definition) is 3. The van der Waals surface area contributed by atoms with Crippen molar-refractivity contribution >= 4 is 23.2 Å². The van der Waals surface area contributed by atoms with Gasteiger partial charge in [-0.25, -0.2) is 9.37 Å². The molecular formula is C24H18ClF4N3O2. The first kappa shape index (κ1) is 22.5. The van der Waals surface area contributed by atoms with Crippen LogP contribution in [0, 0.1) is 5.82 Å². The van der Waals surface area contributed by atoms with E-state index >= 15 is 0 Å². The lowest BCUT2D eigenvalue weighted by molar-refractivity contribution is -0.136. The highest BCUT2D eigenvalue weighted by Crippen LogP contribution is 2.37. The molecule has 1 aliphatic rings. The van der Waals surface area contributed by atoms with Gasteiger partial charge in [-0.3, -0.25) is 9.20 Å². The van der Waals surface area contributed by atoms with E-state index in [0.717, 1.165) is 10.5 Å². The van der Waals surface area contributed by atoms with E-state index in [1.807, 2.05) is 0 Å². The van der Waals surface area contributed by atoms with Gasteiger partial charge in [-0.05, 0) is 36.6 Å². The Kier molecular flexibility index (Phi) is 5.59. The highest BCUT2D eigenvalue weighted by molar-refractivity contribution is 6.33. The van der Waals surface area contributed by atoms with Crippen LogP contribution in [0.4, 0.5) is 17.6 Å². The van der Waals surface area contributed by atoms with Crippen LogP contribution in [-0.2, 0) is 6.18 Å². The predicted molar refractivity (Wildman–Crippen MR) is 117 cm³/mol. The molecule has 1 atom stereocenters. The number of carbonyl (C=O) groups excluding carboxylic acids is 1. The number of benzene rings is 1. The average molecular weight is 492 g/mol. The van der Waals surface area contributed by atoms with E-state index in [-0.39, 0.29) is 34.7 Å². The molecule has 1 aromatic carbocycles. The van der Waals surface area contributed by atoms with E-state index in [4.69, 9.17) is 16.0 Å². The lowest BCUT2D eigenvalue weighted by Gasteiger charge is -2.32. The quantitative estimate of drug-likeness (QED) is 0.310. The number of carbonyl (C=O) groups is 1. The van der Waals surface area contributed by atoms with Crippen LogP contribution in [-0.4, -0.2) is 33.3 Å². The molecule has 0 radical (unpaired) electrons. The number of furan rings is 1. The Morgan fingerprint density at radius 2 is 1.97 bits per heavy atom. The number of rotatable bonds is 3. The van der Waals surface area contributed by atoms with Crippen LogP contribution < -0.4 is 0 Å². The van der Waals surface area contributed by atoms with E-state index in [1.54, 1.807) is 18.2 Å². The van der Waals surface area contributed by atoms with Crippen molar-refractivity contribution in [3.8, 4) is 11.1 Å². The summed E-state index contributed by atoms with van der Waals surface area (Å²) in [6, 6.07) is 8.84. The normalized spacial score (nSPS) is 16.9. The molecule has 5 nitrogen and oxygen atoms in total. The van der Waals surface area contributed by atoms with Gasteiger partial charge in [-0.2, -0.15) is 13.2 Å². The maximum atomic E-state index is 14.3. The second-order valence-corrected chi connectivity index (χ2v) is 8.57. The zero-order valence-corrected chi connectivity index (χ0v) is 18.4. The van der Waals surface area contributed by atoms with Gasteiger partial charge < -0.3 is 9.32 Å². The van der Waals surface area contributed by atoms with Crippen molar-refractivity contribution in [2.45, 2.75) is 24.9 Å². The molecule has 0 bridgehead atoms. The standard InChI is InChI=1S/C24H18ClF4N3O2/c25-21-20(23(33)31-8-3-4-14(11-31)17-5-1-2-6-19(17)26)30-22-18(24(27,28)29)10-16(12-32(21)22)15-7-9-34-13-15/h1-2,5-7,9-10,12-14H,3-4,8,11H2. The van der Waals surface area contributed by atoms with E-state index in [2.05, 4.69) is 4.98 Å². The number of aromatic nitrogens is 2. The number of likely N-dealkylation sites (tertiary alicyclic amines) is 1. The Labute approximate surface area is 196 Å². The van der Waals surface area contributed by atoms with Crippen molar-refractivity contribution < 1.29 is 26.8 Å². The minimum absolute atomic E-state index is 0.212. The molecule has 5 rings (SSSR count). The Morgan fingerprint density at radius 3 is 2.68 bits per heavy atom. The third kappa shape index (κ3) is 3.94. The van der Waals surface area contributed by atoms with E-state index in [0.29, 0.717) is 30.5 Å². The molecule has 1 saturated heterocycles. The van der Waals surface area contributed by atoms with Gasteiger partial charge in [0, 0.05) is 36.3 Å². The number of piperidine rings is 1. The van der Waals surface area contributed by atoms with Gasteiger partial charge in [-0.1, -0.05) is 29.8 Å². The number of pyridine rings is 1. The number of halogens is 5. The topological polar surface area (TPSA) is 50.8 Å². The number of alkyl halides is 3. The van der Waals surface area contributed by atoms with E-state index in [9.17, 15) is 22.4 Å². The molecule has 1 amide bonds. The van der Waals surface area contributed by atoms with Crippen molar-refractivity contribution in [1.29, 1.82) is 0 Å². The molecule has 0 aliphatic carbocycles. The van der Waals surface area contributed by atoms with Crippen molar-refractivity contribution in [3.63, 3.8) is 0 Å². The molecule has 1 fully saturated rings. The molecule has 0 N–H and O–H groups in total. The largest absolute Gasteiger partial charge is 0.472 e. The third-order valence-electron chi connectivity index (χ3n) is 6.08. The molecule has 0 spiro atoms. The van der Waals surface area contributed by atoms with Gasteiger partial charge in [-0.15, -0.1) is 0 Å². The molecule has 4 aromatic rings. The lowest BCUT2D eigenvalue weighted by Crippen LogP contribution is -2.39. The van der Waals surface area contributed by atoms with Crippen LogP contribution in [0.2, 0.25) is 5.15 Å². The summed E-state index contributed by atoms with van der Waals surface area (Å²) in [4.78, 5) is 18.8. The second-order valence-electron chi connectivity index (χ2n) is 8.21. The van der Waals surface area contributed by atoms with Gasteiger partial charge in [0.05, 0.1) is 18.1 Å². The highest BCUT2D eigenvalue weighted by Gasteiger charge is 2.37. The zero-order chi connectivity index (χ0) is 24.0. The molecule has 34 heavy (non-hydrogen) atoms. The maximum absolute atomic E-state index is 14.3. The fourth-order valence-electron chi connectivity index (χ4n) is 4.42.